The van der Waals surface area contributed by atoms with Crippen LogP contribution in [0.15, 0.2) is 42.5 Å². The monoisotopic (exact) mass is 478 g/mol. The molecule has 10 heteroatoms. The maximum atomic E-state index is 12.6. The Labute approximate surface area is 202 Å². The molecule has 2 aromatic carbocycles. The first-order valence-corrected chi connectivity index (χ1v) is 11.4. The van der Waals surface area contributed by atoms with E-state index in [1.54, 1.807) is 47.4 Å². The van der Waals surface area contributed by atoms with Gasteiger partial charge in [0.25, 0.3) is 17.7 Å². The maximum Gasteiger partial charge on any atom is 0.265 e. The normalized spacial score (nSPS) is 14.4. The van der Waals surface area contributed by atoms with Crippen molar-refractivity contribution in [1.82, 2.24) is 9.80 Å². The molecule has 0 spiro atoms. The number of ether oxygens (including phenoxy) is 1. The van der Waals surface area contributed by atoms with Gasteiger partial charge >= 0.3 is 0 Å². The molecular weight excluding hydrogens is 452 g/mol. The van der Waals surface area contributed by atoms with Crippen LogP contribution in [0.5, 0.6) is 5.75 Å². The van der Waals surface area contributed by atoms with E-state index in [-0.39, 0.29) is 37.9 Å². The fraction of sp³-hybridized carbons (Fsp3) is 0.320. The number of nitrogens with zero attached hydrogens (tertiary/aromatic N) is 3. The van der Waals surface area contributed by atoms with Gasteiger partial charge in [0.1, 0.15) is 12.3 Å². The zero-order valence-electron chi connectivity index (χ0n) is 19.6. The van der Waals surface area contributed by atoms with Crippen LogP contribution in [0.1, 0.15) is 41.0 Å². The summed E-state index contributed by atoms with van der Waals surface area (Å²) in [5, 5.41) is 2.72. The molecule has 0 unspecified atom stereocenters. The summed E-state index contributed by atoms with van der Waals surface area (Å²) >= 11 is 0. The maximum absolute atomic E-state index is 12.6. The summed E-state index contributed by atoms with van der Waals surface area (Å²) in [4.78, 5) is 66.7. The van der Waals surface area contributed by atoms with E-state index in [1.165, 1.54) is 4.90 Å². The molecule has 0 saturated heterocycles. The molecule has 0 aromatic heterocycles. The number of imide groups is 1. The van der Waals surface area contributed by atoms with Gasteiger partial charge in [0, 0.05) is 31.7 Å². The van der Waals surface area contributed by atoms with Crippen LogP contribution in [0.2, 0.25) is 0 Å². The molecule has 2 heterocycles. The molecule has 0 saturated carbocycles. The number of amides is 5. The lowest BCUT2D eigenvalue weighted by Crippen LogP contribution is -2.46. The first kappa shape index (κ1) is 23.9. The molecule has 0 radical (unpaired) electrons. The van der Waals surface area contributed by atoms with Gasteiger partial charge in [-0.25, -0.2) is 0 Å². The number of rotatable bonds is 8. The van der Waals surface area contributed by atoms with E-state index in [0.717, 1.165) is 4.90 Å². The van der Waals surface area contributed by atoms with E-state index in [1.807, 2.05) is 13.8 Å². The highest BCUT2D eigenvalue weighted by Crippen LogP contribution is 2.34. The number of benzene rings is 2. The minimum atomic E-state index is -0.420. The van der Waals surface area contributed by atoms with Gasteiger partial charge in [-0.05, 0) is 44.2 Å². The summed E-state index contributed by atoms with van der Waals surface area (Å²) in [6.45, 7) is 4.43. The van der Waals surface area contributed by atoms with Crippen molar-refractivity contribution in [3.8, 4) is 5.75 Å². The fourth-order valence-electron chi connectivity index (χ4n) is 4.14. The topological polar surface area (TPSA) is 116 Å². The van der Waals surface area contributed by atoms with Crippen molar-refractivity contribution in [2.45, 2.75) is 20.3 Å². The molecule has 35 heavy (non-hydrogen) atoms. The molecule has 2 aliphatic rings. The van der Waals surface area contributed by atoms with Gasteiger partial charge in [-0.2, -0.15) is 0 Å². The molecule has 0 aliphatic carbocycles. The van der Waals surface area contributed by atoms with Gasteiger partial charge in [0.15, 0.2) is 6.61 Å². The molecule has 5 amide bonds. The largest absolute Gasteiger partial charge is 0.482 e. The molecule has 2 aromatic rings. The molecule has 0 bridgehead atoms. The van der Waals surface area contributed by atoms with Gasteiger partial charge < -0.3 is 15.0 Å². The van der Waals surface area contributed by atoms with Crippen LogP contribution < -0.4 is 15.0 Å². The Kier molecular flexibility index (Phi) is 6.81. The Morgan fingerprint density at radius 1 is 0.971 bits per heavy atom. The number of carbonyl (C=O) groups excluding carboxylic acids is 5. The summed E-state index contributed by atoms with van der Waals surface area (Å²) in [6.07, 6.45) is -0.0951. The second kappa shape index (κ2) is 9.96. The van der Waals surface area contributed by atoms with Crippen molar-refractivity contribution in [1.29, 1.82) is 0 Å². The van der Waals surface area contributed by atoms with Crippen LogP contribution in [0.25, 0.3) is 0 Å². The van der Waals surface area contributed by atoms with E-state index < -0.39 is 17.7 Å². The predicted molar refractivity (Wildman–Crippen MR) is 127 cm³/mol. The summed E-state index contributed by atoms with van der Waals surface area (Å²) in [7, 11) is 0. The summed E-state index contributed by atoms with van der Waals surface area (Å²) in [5.41, 5.74) is 1.45. The fourth-order valence-corrected chi connectivity index (χ4v) is 4.14. The zero-order chi connectivity index (χ0) is 25.1. The van der Waals surface area contributed by atoms with E-state index in [4.69, 9.17) is 4.74 Å². The average molecular weight is 479 g/mol. The number of likely N-dealkylation sites (N-methyl/N-ethyl adjacent to an activating group) is 1. The van der Waals surface area contributed by atoms with Crippen molar-refractivity contribution >= 4 is 40.9 Å². The van der Waals surface area contributed by atoms with Gasteiger partial charge in [-0.1, -0.05) is 12.1 Å². The zero-order valence-corrected chi connectivity index (χ0v) is 19.6. The second-order valence-corrected chi connectivity index (χ2v) is 8.12. The molecular formula is C25H26N4O6. The third-order valence-corrected chi connectivity index (χ3v) is 6.04. The van der Waals surface area contributed by atoms with Gasteiger partial charge in [0.05, 0.1) is 16.8 Å². The third kappa shape index (κ3) is 4.72. The number of hydrogen-bond acceptors (Lipinski definition) is 6. The lowest BCUT2D eigenvalue weighted by Gasteiger charge is -2.31. The van der Waals surface area contributed by atoms with Crippen LogP contribution in [-0.2, 0) is 14.4 Å². The smallest absolute Gasteiger partial charge is 0.265 e. The minimum Gasteiger partial charge on any atom is -0.482 e. The Morgan fingerprint density at radius 3 is 2.26 bits per heavy atom. The molecule has 182 valence electrons. The first-order valence-electron chi connectivity index (χ1n) is 11.4. The minimum absolute atomic E-state index is 0.0603. The quantitative estimate of drug-likeness (QED) is 0.580. The van der Waals surface area contributed by atoms with Crippen molar-refractivity contribution in [2.75, 3.05) is 43.0 Å². The second-order valence-electron chi connectivity index (χ2n) is 8.12. The lowest BCUT2D eigenvalue weighted by atomic mass is 10.1. The molecule has 2 aliphatic heterocycles. The highest BCUT2D eigenvalue weighted by molar-refractivity contribution is 6.21. The highest BCUT2D eigenvalue weighted by atomic mass is 16.5. The van der Waals surface area contributed by atoms with Crippen LogP contribution >= 0.6 is 0 Å². The van der Waals surface area contributed by atoms with Crippen LogP contribution in [0.4, 0.5) is 11.4 Å². The van der Waals surface area contributed by atoms with Gasteiger partial charge in [-0.15, -0.1) is 0 Å². The number of nitrogens with one attached hydrogen (secondary N) is 1. The summed E-state index contributed by atoms with van der Waals surface area (Å²) in [5.74, 6) is -1.36. The van der Waals surface area contributed by atoms with Crippen LogP contribution in [0.3, 0.4) is 0 Å². The number of fused-ring (bicyclic) bond motifs is 2. The Balaban J connectivity index is 1.42. The van der Waals surface area contributed by atoms with E-state index >= 15 is 0 Å². The van der Waals surface area contributed by atoms with Crippen molar-refractivity contribution in [3.05, 3.63) is 53.6 Å². The number of hydrogen-bond donors (Lipinski definition) is 1. The summed E-state index contributed by atoms with van der Waals surface area (Å²) in [6, 6.07) is 11.4. The Morgan fingerprint density at radius 2 is 1.63 bits per heavy atom. The molecule has 4 rings (SSSR count). The van der Waals surface area contributed by atoms with Gasteiger partial charge in [0.2, 0.25) is 11.8 Å². The Bertz CT molecular complexity index is 1170. The number of anilines is 2. The van der Waals surface area contributed by atoms with Crippen molar-refractivity contribution in [3.63, 3.8) is 0 Å². The SMILES string of the molecule is CCN(CC)C(=O)CN1C(=O)COc2ccc(NC(=O)CCN3C(=O)c4ccccc4C3=O)cc21. The highest BCUT2D eigenvalue weighted by Gasteiger charge is 2.35. The number of carbonyl (C=O) groups is 5. The molecule has 10 nitrogen and oxygen atoms in total. The lowest BCUT2D eigenvalue weighted by molar-refractivity contribution is -0.131. The average Bonchev–Trinajstić information content (AvgIpc) is 3.10. The van der Waals surface area contributed by atoms with Crippen molar-refractivity contribution in [2.24, 2.45) is 0 Å². The van der Waals surface area contributed by atoms with E-state index in [2.05, 4.69) is 5.32 Å². The molecule has 1 N–H and O–H groups in total. The molecule has 0 atom stereocenters. The summed E-state index contributed by atoms with van der Waals surface area (Å²) < 4.78 is 5.48. The van der Waals surface area contributed by atoms with Crippen LogP contribution in [-0.4, -0.2) is 72.1 Å². The van der Waals surface area contributed by atoms with E-state index in [9.17, 15) is 24.0 Å². The Hall–Kier alpha value is -4.21. The van der Waals surface area contributed by atoms with Crippen LogP contribution in [0, 0.1) is 0 Å². The third-order valence-electron chi connectivity index (χ3n) is 6.04. The van der Waals surface area contributed by atoms with Crippen molar-refractivity contribution < 1.29 is 28.7 Å². The molecule has 0 fully saturated rings. The standard InChI is InChI=1S/C25H26N4O6/c1-3-27(4-2)22(31)14-29-19-13-16(9-10-20(19)35-15-23(29)32)26-21(30)11-12-28-24(33)17-7-5-6-8-18(17)25(28)34/h5-10,13H,3-4,11-12,14-15H2,1-2H3,(H,26,30). The predicted octanol–water partition coefficient (Wildman–Crippen LogP) is 1.91. The first-order chi connectivity index (χ1) is 16.8. The van der Waals surface area contributed by atoms with E-state index in [0.29, 0.717) is 41.3 Å². The van der Waals surface area contributed by atoms with Gasteiger partial charge in [-0.3, -0.25) is 33.8 Å².